The van der Waals surface area contributed by atoms with Crippen LogP contribution < -0.4 is 28.7 Å². The summed E-state index contributed by atoms with van der Waals surface area (Å²) < 4.78 is 72.5. The number of carbonyl (C=O) groups is 2. The summed E-state index contributed by atoms with van der Waals surface area (Å²) in [7, 11) is -4.99. The van der Waals surface area contributed by atoms with E-state index < -0.39 is 20.0 Å². The van der Waals surface area contributed by atoms with Crippen molar-refractivity contribution in [1.82, 2.24) is 9.80 Å². The van der Waals surface area contributed by atoms with Gasteiger partial charge in [-0.25, -0.2) is 16.8 Å². The van der Waals surface area contributed by atoms with Gasteiger partial charge < -0.3 is 29.1 Å². The average Bonchev–Trinajstić information content (AvgIpc) is 3.80. The Kier molecular flexibility index (Phi) is 16.3. The van der Waals surface area contributed by atoms with Crippen molar-refractivity contribution in [3.63, 3.8) is 0 Å². The number of para-hydroxylation sites is 2. The van der Waals surface area contributed by atoms with Crippen molar-refractivity contribution >= 4 is 66.2 Å². The van der Waals surface area contributed by atoms with Gasteiger partial charge in [0.1, 0.15) is 11.5 Å². The van der Waals surface area contributed by atoms with E-state index in [0.29, 0.717) is 104 Å². The van der Waals surface area contributed by atoms with Gasteiger partial charge in [-0.2, -0.15) is 0 Å². The Balaban J connectivity index is 1.08. The van der Waals surface area contributed by atoms with Crippen LogP contribution in [-0.4, -0.2) is 105 Å². The summed E-state index contributed by atoms with van der Waals surface area (Å²) in [4.78, 5) is 36.7. The number of methoxy groups -OCH3 is 2. The summed E-state index contributed by atoms with van der Waals surface area (Å²) in [6.07, 6.45) is 4.27. The number of amides is 2. The van der Waals surface area contributed by atoms with Gasteiger partial charge in [0.2, 0.25) is 0 Å². The predicted octanol–water partition coefficient (Wildman–Crippen LogP) is 9.98. The largest absolute Gasteiger partial charge is 0.495 e. The van der Waals surface area contributed by atoms with Crippen LogP contribution in [0, 0.1) is 6.92 Å². The van der Waals surface area contributed by atoms with Gasteiger partial charge in [0.15, 0.2) is 0 Å². The van der Waals surface area contributed by atoms with Crippen LogP contribution >= 0.6 is 11.6 Å². The molecule has 2 fully saturated rings. The SMILES string of the molecule is CCCCc1ccc(NS(=O)(=O)c2cc(C(=O)N3CCCN(c4ccccc4OC)CC3)c(C)c(-c3ccc(OC)c(N4CCCN(C(=O)c5cccc(S(=O)(=O)Nc6ccc(Cl)cc6)c5)CC4)c3)c2)cc1. The molecule has 2 amide bonds. The van der Waals surface area contributed by atoms with E-state index in [1.165, 1.54) is 18.2 Å². The number of anilines is 4. The third-order valence-electron chi connectivity index (χ3n) is 13.3. The molecule has 14 nitrogen and oxygen atoms in total. The molecule has 378 valence electrons. The van der Waals surface area contributed by atoms with E-state index in [1.807, 2.05) is 61.5 Å². The zero-order valence-electron chi connectivity index (χ0n) is 41.1. The Bertz CT molecular complexity index is 3140. The smallest absolute Gasteiger partial charge is 0.261 e. The molecular formula is C55H61ClN6O8S2. The van der Waals surface area contributed by atoms with E-state index >= 15 is 0 Å². The minimum absolute atomic E-state index is 0.0484. The number of carbonyl (C=O) groups excluding carboxylic acids is 2. The van der Waals surface area contributed by atoms with Crippen LogP contribution in [0.1, 0.15) is 64.4 Å². The average molecular weight is 1030 g/mol. The summed E-state index contributed by atoms with van der Waals surface area (Å²) in [5, 5.41) is 0.471. The topological polar surface area (TPSA) is 158 Å². The minimum atomic E-state index is -4.21. The number of hydrogen-bond donors (Lipinski definition) is 2. The number of sulfonamides is 2. The number of hydrogen-bond acceptors (Lipinski definition) is 10. The fourth-order valence-electron chi connectivity index (χ4n) is 9.30. The molecule has 8 rings (SSSR count). The highest BCUT2D eigenvalue weighted by atomic mass is 35.5. The first kappa shape index (κ1) is 51.6. The Morgan fingerprint density at radius 2 is 1.19 bits per heavy atom. The predicted molar refractivity (Wildman–Crippen MR) is 286 cm³/mol. The number of benzene rings is 6. The lowest BCUT2D eigenvalue weighted by Crippen LogP contribution is -2.36. The molecule has 0 aromatic heterocycles. The summed E-state index contributed by atoms with van der Waals surface area (Å²) >= 11 is 5.99. The van der Waals surface area contributed by atoms with Crippen LogP contribution in [0.3, 0.4) is 0 Å². The van der Waals surface area contributed by atoms with Crippen molar-refractivity contribution in [2.24, 2.45) is 0 Å². The molecule has 6 aromatic carbocycles. The first-order valence-electron chi connectivity index (χ1n) is 24.2. The van der Waals surface area contributed by atoms with Crippen molar-refractivity contribution in [2.75, 3.05) is 85.8 Å². The van der Waals surface area contributed by atoms with Crippen LogP contribution in [0.5, 0.6) is 11.5 Å². The van der Waals surface area contributed by atoms with E-state index in [9.17, 15) is 26.4 Å². The summed E-state index contributed by atoms with van der Waals surface area (Å²) in [5.74, 6) is 0.768. The highest BCUT2D eigenvalue weighted by Crippen LogP contribution is 2.38. The maximum absolute atomic E-state index is 14.8. The first-order chi connectivity index (χ1) is 34.7. The van der Waals surface area contributed by atoms with Crippen LogP contribution in [0.25, 0.3) is 11.1 Å². The van der Waals surface area contributed by atoms with E-state index in [2.05, 4.69) is 26.2 Å². The van der Waals surface area contributed by atoms with Gasteiger partial charge >= 0.3 is 0 Å². The van der Waals surface area contributed by atoms with Crippen LogP contribution in [0.2, 0.25) is 5.02 Å². The standard InChI is InChI=1S/C55H61ClN6O8S2/c1-5-6-12-40-17-22-44(23-18-40)58-72(67,68)47-37-48(39(2)49(38-47)55(64)62-30-10-27-59(31-34-62)50-15-7-8-16-52(50)69-3)41-19-26-53(70-4)51(36-41)60-28-11-29-61(33-32-60)54(63)42-13-9-14-46(35-42)71(65,66)57-45-24-20-43(56)21-25-45/h7-9,13-26,35-38,57-58H,5-6,10-12,27-34H2,1-4H3. The summed E-state index contributed by atoms with van der Waals surface area (Å²) in [5.41, 5.74) is 5.95. The number of aryl methyl sites for hydroxylation is 1. The molecule has 2 saturated heterocycles. The minimum Gasteiger partial charge on any atom is -0.495 e. The van der Waals surface area contributed by atoms with E-state index in [4.69, 9.17) is 21.1 Å². The quantitative estimate of drug-likeness (QED) is 0.0956. The van der Waals surface area contributed by atoms with Gasteiger partial charge in [-0.05, 0) is 146 Å². The number of nitrogens with zero attached hydrogens (tertiary/aromatic N) is 4. The highest BCUT2D eigenvalue weighted by Gasteiger charge is 2.29. The number of ether oxygens (including phenoxy) is 2. The molecule has 6 aromatic rings. The Morgan fingerprint density at radius 3 is 1.85 bits per heavy atom. The molecule has 17 heteroatoms. The molecule has 0 aliphatic carbocycles. The molecule has 0 unspecified atom stereocenters. The first-order valence-corrected chi connectivity index (χ1v) is 27.6. The van der Waals surface area contributed by atoms with Gasteiger partial charge in [0.05, 0.1) is 35.4 Å². The lowest BCUT2D eigenvalue weighted by atomic mass is 9.95. The molecule has 0 saturated carbocycles. The number of nitrogens with one attached hydrogen (secondary N) is 2. The normalized spacial score (nSPS) is 14.6. The van der Waals surface area contributed by atoms with Gasteiger partial charge in [0, 0.05) is 79.9 Å². The maximum Gasteiger partial charge on any atom is 0.261 e. The van der Waals surface area contributed by atoms with Gasteiger partial charge in [-0.15, -0.1) is 0 Å². The van der Waals surface area contributed by atoms with Crippen molar-refractivity contribution in [2.45, 2.75) is 55.7 Å². The molecule has 0 spiro atoms. The Morgan fingerprint density at radius 1 is 0.597 bits per heavy atom. The van der Waals surface area contributed by atoms with Crippen molar-refractivity contribution < 1.29 is 35.9 Å². The van der Waals surface area contributed by atoms with Crippen LogP contribution in [-0.2, 0) is 26.5 Å². The zero-order chi connectivity index (χ0) is 51.0. The van der Waals surface area contributed by atoms with Crippen molar-refractivity contribution in [1.29, 1.82) is 0 Å². The van der Waals surface area contributed by atoms with Crippen LogP contribution in [0.15, 0.2) is 137 Å². The number of halogens is 1. The third-order valence-corrected chi connectivity index (χ3v) is 16.2. The molecule has 0 atom stereocenters. The monoisotopic (exact) mass is 1030 g/mol. The lowest BCUT2D eigenvalue weighted by Gasteiger charge is -2.27. The zero-order valence-corrected chi connectivity index (χ0v) is 43.5. The molecule has 0 radical (unpaired) electrons. The second-order valence-electron chi connectivity index (χ2n) is 18.0. The molecule has 2 N–H and O–H groups in total. The molecular weight excluding hydrogens is 972 g/mol. The Labute approximate surface area is 428 Å². The summed E-state index contributed by atoms with van der Waals surface area (Å²) in [6, 6.07) is 36.3. The van der Waals surface area contributed by atoms with E-state index in [1.54, 1.807) is 78.6 Å². The second-order valence-corrected chi connectivity index (χ2v) is 21.8. The second kappa shape index (κ2) is 22.8. The van der Waals surface area contributed by atoms with E-state index in [0.717, 1.165) is 42.0 Å². The third kappa shape index (κ3) is 11.9. The molecule has 2 aliphatic heterocycles. The molecule has 0 bridgehead atoms. The van der Waals surface area contributed by atoms with Crippen LogP contribution in [0.4, 0.5) is 22.7 Å². The van der Waals surface area contributed by atoms with Gasteiger partial charge in [-0.3, -0.25) is 19.0 Å². The number of unbranched alkanes of at least 4 members (excludes halogenated alkanes) is 1. The van der Waals surface area contributed by atoms with Crippen molar-refractivity contribution in [3.8, 4) is 22.6 Å². The number of rotatable bonds is 16. The highest BCUT2D eigenvalue weighted by molar-refractivity contribution is 7.93. The van der Waals surface area contributed by atoms with E-state index in [-0.39, 0.29) is 32.7 Å². The maximum atomic E-state index is 14.8. The van der Waals surface area contributed by atoms with Gasteiger partial charge in [0.25, 0.3) is 31.9 Å². The van der Waals surface area contributed by atoms with Gasteiger partial charge in [-0.1, -0.05) is 61.3 Å². The fraction of sp³-hybridized carbons (Fsp3) is 0.309. The molecule has 72 heavy (non-hydrogen) atoms. The fourth-order valence-corrected chi connectivity index (χ4v) is 11.6. The molecule has 2 heterocycles. The van der Waals surface area contributed by atoms with Crippen molar-refractivity contribution in [3.05, 3.63) is 155 Å². The summed E-state index contributed by atoms with van der Waals surface area (Å²) in [6.45, 7) is 7.87. The Hall–Kier alpha value is -6.75. The lowest BCUT2D eigenvalue weighted by molar-refractivity contribution is 0.0758. The molecule has 2 aliphatic rings.